The Morgan fingerprint density at radius 3 is 2.75 bits per heavy atom. The van der Waals surface area contributed by atoms with Crippen LogP contribution in [0.2, 0.25) is 0 Å². The molecule has 0 aliphatic carbocycles. The largest absolute Gasteiger partial charge is 0.393 e. The Labute approximate surface area is 95.0 Å². The van der Waals surface area contributed by atoms with Crippen LogP contribution in [-0.2, 0) is 6.54 Å². The molecule has 0 saturated carbocycles. The summed E-state index contributed by atoms with van der Waals surface area (Å²) in [6.07, 6.45) is 1.05. The van der Waals surface area contributed by atoms with Crippen molar-refractivity contribution in [1.29, 1.82) is 0 Å². The van der Waals surface area contributed by atoms with Gasteiger partial charge in [-0.25, -0.2) is 0 Å². The van der Waals surface area contributed by atoms with Gasteiger partial charge in [0.25, 0.3) is 5.69 Å². The molecule has 0 fully saturated rings. The van der Waals surface area contributed by atoms with Crippen LogP contribution in [0.3, 0.4) is 0 Å². The SMILES string of the molecule is CCCN(C)Cc1cccc([N+](=O)[O-])c1N. The molecule has 0 spiro atoms. The third kappa shape index (κ3) is 2.93. The number of nitro benzene ring substituents is 1. The minimum absolute atomic E-state index is 0.0117. The first-order chi connectivity index (χ1) is 7.56. The van der Waals surface area contributed by atoms with E-state index < -0.39 is 4.92 Å². The Hall–Kier alpha value is -1.62. The number of rotatable bonds is 5. The van der Waals surface area contributed by atoms with Gasteiger partial charge in [0, 0.05) is 12.6 Å². The molecule has 1 rings (SSSR count). The van der Waals surface area contributed by atoms with Crippen molar-refractivity contribution in [1.82, 2.24) is 4.90 Å². The molecular formula is C11H17N3O2. The highest BCUT2D eigenvalue weighted by Gasteiger charge is 2.14. The van der Waals surface area contributed by atoms with Crippen LogP contribution in [0.4, 0.5) is 11.4 Å². The van der Waals surface area contributed by atoms with Crippen molar-refractivity contribution in [2.24, 2.45) is 0 Å². The number of para-hydroxylation sites is 1. The molecule has 0 amide bonds. The minimum atomic E-state index is -0.446. The maximum absolute atomic E-state index is 10.7. The fourth-order valence-corrected chi connectivity index (χ4v) is 1.65. The number of hydrogen-bond donors (Lipinski definition) is 1. The van der Waals surface area contributed by atoms with Crippen LogP contribution < -0.4 is 5.73 Å². The molecule has 0 heterocycles. The molecule has 88 valence electrons. The first-order valence-corrected chi connectivity index (χ1v) is 5.26. The van der Waals surface area contributed by atoms with Gasteiger partial charge in [0.2, 0.25) is 0 Å². The number of nitrogens with two attached hydrogens (primary N) is 1. The van der Waals surface area contributed by atoms with E-state index in [1.807, 2.05) is 13.1 Å². The summed E-state index contributed by atoms with van der Waals surface area (Å²) in [5.41, 5.74) is 6.83. The first-order valence-electron chi connectivity index (χ1n) is 5.26. The molecule has 0 unspecified atom stereocenters. The lowest BCUT2D eigenvalue weighted by Gasteiger charge is -2.16. The van der Waals surface area contributed by atoms with Crippen molar-refractivity contribution in [3.05, 3.63) is 33.9 Å². The zero-order valence-corrected chi connectivity index (χ0v) is 9.64. The highest BCUT2D eigenvalue weighted by atomic mass is 16.6. The molecule has 0 aliphatic heterocycles. The van der Waals surface area contributed by atoms with E-state index in [1.54, 1.807) is 6.07 Å². The van der Waals surface area contributed by atoms with Crippen LogP contribution in [0, 0.1) is 10.1 Å². The van der Waals surface area contributed by atoms with Crippen molar-refractivity contribution < 1.29 is 4.92 Å². The minimum Gasteiger partial charge on any atom is -0.393 e. The lowest BCUT2D eigenvalue weighted by Crippen LogP contribution is -2.19. The molecule has 2 N–H and O–H groups in total. The molecule has 0 saturated heterocycles. The number of anilines is 1. The molecule has 16 heavy (non-hydrogen) atoms. The third-order valence-corrected chi connectivity index (χ3v) is 2.42. The summed E-state index contributed by atoms with van der Waals surface area (Å²) in [4.78, 5) is 12.3. The first kappa shape index (κ1) is 12.4. The molecule has 1 aromatic carbocycles. The van der Waals surface area contributed by atoms with E-state index in [2.05, 4.69) is 11.8 Å². The predicted molar refractivity (Wildman–Crippen MR) is 64.1 cm³/mol. The monoisotopic (exact) mass is 223 g/mol. The Kier molecular flexibility index (Phi) is 4.25. The number of nitrogen functional groups attached to an aromatic ring is 1. The van der Waals surface area contributed by atoms with E-state index in [0.29, 0.717) is 6.54 Å². The number of benzene rings is 1. The van der Waals surface area contributed by atoms with Crippen LogP contribution in [-0.4, -0.2) is 23.4 Å². The van der Waals surface area contributed by atoms with Crippen LogP contribution >= 0.6 is 0 Å². The van der Waals surface area contributed by atoms with Gasteiger partial charge >= 0.3 is 0 Å². The fraction of sp³-hybridized carbons (Fsp3) is 0.455. The molecule has 0 atom stereocenters. The molecule has 5 nitrogen and oxygen atoms in total. The van der Waals surface area contributed by atoms with Gasteiger partial charge < -0.3 is 10.6 Å². The van der Waals surface area contributed by atoms with Gasteiger partial charge in [-0.15, -0.1) is 0 Å². The third-order valence-electron chi connectivity index (χ3n) is 2.42. The van der Waals surface area contributed by atoms with E-state index in [-0.39, 0.29) is 11.4 Å². The van der Waals surface area contributed by atoms with Gasteiger partial charge in [-0.1, -0.05) is 19.1 Å². The lowest BCUT2D eigenvalue weighted by molar-refractivity contribution is -0.384. The molecule has 0 radical (unpaired) electrons. The second kappa shape index (κ2) is 5.46. The molecule has 1 aromatic rings. The van der Waals surface area contributed by atoms with Crippen LogP contribution in [0.5, 0.6) is 0 Å². The molecule has 5 heteroatoms. The number of hydrogen-bond acceptors (Lipinski definition) is 4. The van der Waals surface area contributed by atoms with E-state index in [4.69, 9.17) is 5.73 Å². The maximum Gasteiger partial charge on any atom is 0.292 e. The lowest BCUT2D eigenvalue weighted by atomic mass is 10.1. The van der Waals surface area contributed by atoms with Gasteiger partial charge in [-0.05, 0) is 25.6 Å². The van der Waals surface area contributed by atoms with Gasteiger partial charge in [0.05, 0.1) is 4.92 Å². The summed E-state index contributed by atoms with van der Waals surface area (Å²) in [6, 6.07) is 4.93. The van der Waals surface area contributed by atoms with Crippen molar-refractivity contribution >= 4 is 11.4 Å². The van der Waals surface area contributed by atoms with Gasteiger partial charge in [0.1, 0.15) is 5.69 Å². The number of nitro groups is 1. The van der Waals surface area contributed by atoms with E-state index in [1.165, 1.54) is 6.07 Å². The molecule has 0 aliphatic rings. The van der Waals surface area contributed by atoms with Crippen LogP contribution in [0.25, 0.3) is 0 Å². The average molecular weight is 223 g/mol. The Bertz CT molecular complexity index is 379. The summed E-state index contributed by atoms with van der Waals surface area (Å²) in [7, 11) is 1.97. The highest BCUT2D eigenvalue weighted by molar-refractivity contribution is 5.62. The topological polar surface area (TPSA) is 72.4 Å². The fourth-order valence-electron chi connectivity index (χ4n) is 1.65. The maximum atomic E-state index is 10.7. The summed E-state index contributed by atoms with van der Waals surface area (Å²) in [6.45, 7) is 3.68. The van der Waals surface area contributed by atoms with Gasteiger partial charge in [0.15, 0.2) is 0 Å². The van der Waals surface area contributed by atoms with Crippen LogP contribution in [0.1, 0.15) is 18.9 Å². The summed E-state index contributed by atoms with van der Waals surface area (Å²) < 4.78 is 0. The van der Waals surface area contributed by atoms with Crippen LogP contribution in [0.15, 0.2) is 18.2 Å². The Morgan fingerprint density at radius 1 is 1.50 bits per heavy atom. The summed E-state index contributed by atoms with van der Waals surface area (Å²) >= 11 is 0. The zero-order valence-electron chi connectivity index (χ0n) is 9.64. The van der Waals surface area contributed by atoms with E-state index in [0.717, 1.165) is 18.5 Å². The predicted octanol–water partition coefficient (Wildman–Crippen LogP) is 2.02. The smallest absolute Gasteiger partial charge is 0.292 e. The molecule has 0 aromatic heterocycles. The van der Waals surface area contributed by atoms with Crippen molar-refractivity contribution in [3.63, 3.8) is 0 Å². The second-order valence-corrected chi connectivity index (χ2v) is 3.84. The molecular weight excluding hydrogens is 206 g/mol. The number of nitrogens with zero attached hydrogens (tertiary/aromatic N) is 2. The van der Waals surface area contributed by atoms with E-state index in [9.17, 15) is 10.1 Å². The average Bonchev–Trinajstić information content (AvgIpc) is 2.21. The Balaban J connectivity index is 2.89. The summed E-state index contributed by atoms with van der Waals surface area (Å²) in [5, 5.41) is 10.7. The van der Waals surface area contributed by atoms with Crippen molar-refractivity contribution in [2.45, 2.75) is 19.9 Å². The normalized spacial score (nSPS) is 10.7. The summed E-state index contributed by atoms with van der Waals surface area (Å²) in [5.74, 6) is 0. The standard InChI is InChI=1S/C11H17N3O2/c1-3-7-13(2)8-9-5-4-6-10(11(9)12)14(15)16/h4-6H,3,7-8,12H2,1-2H3. The Morgan fingerprint density at radius 2 is 2.19 bits per heavy atom. The molecule has 0 bridgehead atoms. The van der Waals surface area contributed by atoms with Gasteiger partial charge in [-0.2, -0.15) is 0 Å². The van der Waals surface area contributed by atoms with Crippen molar-refractivity contribution in [3.8, 4) is 0 Å². The van der Waals surface area contributed by atoms with Crippen molar-refractivity contribution in [2.75, 3.05) is 19.3 Å². The van der Waals surface area contributed by atoms with Gasteiger partial charge in [-0.3, -0.25) is 10.1 Å². The quantitative estimate of drug-likeness (QED) is 0.471. The zero-order chi connectivity index (χ0) is 12.1. The second-order valence-electron chi connectivity index (χ2n) is 3.84. The highest BCUT2D eigenvalue weighted by Crippen LogP contribution is 2.25. The van der Waals surface area contributed by atoms with E-state index >= 15 is 0 Å².